The van der Waals surface area contributed by atoms with Crippen LogP contribution < -0.4 is 5.32 Å². The molecule has 17 heavy (non-hydrogen) atoms. The lowest BCUT2D eigenvalue weighted by molar-refractivity contribution is 0.341. The van der Waals surface area contributed by atoms with Crippen molar-refractivity contribution in [3.05, 3.63) is 33.6 Å². The van der Waals surface area contributed by atoms with Gasteiger partial charge in [-0.3, -0.25) is 0 Å². The first-order valence-electron chi connectivity index (χ1n) is 6.00. The largest absolute Gasteiger partial charge is 0.337 e. The Morgan fingerprint density at radius 1 is 1.59 bits per heavy atom. The highest BCUT2D eigenvalue weighted by molar-refractivity contribution is 7.10. The van der Waals surface area contributed by atoms with Gasteiger partial charge in [0.15, 0.2) is 5.82 Å². The van der Waals surface area contributed by atoms with Gasteiger partial charge in [0.05, 0.1) is 0 Å². The van der Waals surface area contributed by atoms with Gasteiger partial charge in [0.25, 0.3) is 0 Å². The van der Waals surface area contributed by atoms with Crippen LogP contribution in [0, 0.1) is 0 Å². The molecule has 5 heteroatoms. The van der Waals surface area contributed by atoms with Crippen LogP contribution in [0.2, 0.25) is 0 Å². The molecule has 0 aliphatic carbocycles. The zero-order chi connectivity index (χ0) is 11.7. The zero-order valence-electron chi connectivity index (χ0n) is 9.77. The Hall–Kier alpha value is -1.20. The molecule has 2 aromatic rings. The van der Waals surface area contributed by atoms with Gasteiger partial charge in [-0.15, -0.1) is 11.3 Å². The van der Waals surface area contributed by atoms with Crippen LogP contribution in [0.4, 0.5) is 0 Å². The average Bonchev–Trinajstić information content (AvgIpc) is 2.96. The number of fused-ring (bicyclic) bond motifs is 1. The summed E-state index contributed by atoms with van der Waals surface area (Å²) in [4.78, 5) is 5.90. The molecule has 0 spiro atoms. The fraction of sp³-hybridized carbons (Fsp3) is 0.500. The Morgan fingerprint density at radius 2 is 2.53 bits per heavy atom. The van der Waals surface area contributed by atoms with Crippen LogP contribution in [0.1, 0.15) is 41.5 Å². The van der Waals surface area contributed by atoms with Crippen molar-refractivity contribution < 1.29 is 4.52 Å². The van der Waals surface area contributed by atoms with E-state index in [1.807, 2.05) is 11.3 Å². The number of hydrogen-bond acceptors (Lipinski definition) is 5. The molecule has 1 aliphatic rings. The Kier molecular flexibility index (Phi) is 2.94. The Morgan fingerprint density at radius 3 is 3.41 bits per heavy atom. The van der Waals surface area contributed by atoms with E-state index in [2.05, 4.69) is 33.8 Å². The van der Waals surface area contributed by atoms with E-state index < -0.39 is 0 Å². The highest BCUT2D eigenvalue weighted by Crippen LogP contribution is 2.31. The fourth-order valence-corrected chi connectivity index (χ4v) is 3.10. The Labute approximate surface area is 104 Å². The van der Waals surface area contributed by atoms with Gasteiger partial charge >= 0.3 is 0 Å². The molecule has 90 valence electrons. The monoisotopic (exact) mass is 249 g/mol. The van der Waals surface area contributed by atoms with Crippen molar-refractivity contribution in [3.8, 4) is 0 Å². The molecule has 0 amide bonds. The second-order valence-corrected chi connectivity index (χ2v) is 5.24. The maximum absolute atomic E-state index is 5.36. The predicted molar refractivity (Wildman–Crippen MR) is 66.2 cm³/mol. The third kappa shape index (κ3) is 2.00. The normalized spacial score (nSPS) is 19.2. The highest BCUT2D eigenvalue weighted by Gasteiger charge is 2.26. The lowest BCUT2D eigenvalue weighted by atomic mass is 10.0. The summed E-state index contributed by atoms with van der Waals surface area (Å²) in [5.74, 6) is 1.51. The third-order valence-electron chi connectivity index (χ3n) is 3.00. The first-order valence-corrected chi connectivity index (χ1v) is 6.88. The quantitative estimate of drug-likeness (QED) is 0.907. The number of thiophene rings is 1. The summed E-state index contributed by atoms with van der Waals surface area (Å²) >= 11 is 1.81. The number of rotatable bonds is 3. The highest BCUT2D eigenvalue weighted by atomic mass is 32.1. The maximum Gasteiger partial charge on any atom is 0.248 e. The molecular formula is C12H15N3OS. The molecule has 3 heterocycles. The van der Waals surface area contributed by atoms with Gasteiger partial charge in [0.1, 0.15) is 6.04 Å². The first-order chi connectivity index (χ1) is 8.38. The van der Waals surface area contributed by atoms with Crippen molar-refractivity contribution in [2.24, 2.45) is 0 Å². The minimum atomic E-state index is 0.0862. The van der Waals surface area contributed by atoms with E-state index in [1.54, 1.807) is 0 Å². The molecule has 0 fully saturated rings. The second kappa shape index (κ2) is 4.58. The average molecular weight is 249 g/mol. The van der Waals surface area contributed by atoms with Gasteiger partial charge in [-0.05, 0) is 29.9 Å². The molecular weight excluding hydrogens is 234 g/mol. The number of nitrogens with zero attached hydrogens (tertiary/aromatic N) is 2. The number of hydrogen-bond donors (Lipinski definition) is 1. The van der Waals surface area contributed by atoms with E-state index in [0.29, 0.717) is 5.89 Å². The van der Waals surface area contributed by atoms with E-state index in [9.17, 15) is 0 Å². The molecule has 3 rings (SSSR count). The van der Waals surface area contributed by atoms with E-state index in [4.69, 9.17) is 4.52 Å². The Balaban J connectivity index is 1.90. The van der Waals surface area contributed by atoms with Crippen molar-refractivity contribution in [2.75, 3.05) is 6.54 Å². The summed E-state index contributed by atoms with van der Waals surface area (Å²) in [5.41, 5.74) is 1.30. The summed E-state index contributed by atoms with van der Waals surface area (Å²) in [6.07, 6.45) is 3.02. The van der Waals surface area contributed by atoms with E-state index in [0.717, 1.165) is 31.6 Å². The van der Waals surface area contributed by atoms with Crippen LogP contribution in [0.15, 0.2) is 16.0 Å². The molecule has 2 aromatic heterocycles. The molecule has 1 N–H and O–H groups in total. The number of aryl methyl sites for hydroxylation is 1. The molecule has 0 saturated heterocycles. The standard InChI is InChI=1S/C12H15N3OS/c1-2-3-10-14-12(16-15-10)11-8-5-7-17-9(8)4-6-13-11/h5,7,11,13H,2-4,6H2,1H3. The molecule has 0 radical (unpaired) electrons. The van der Waals surface area contributed by atoms with Crippen LogP contribution in [0.3, 0.4) is 0 Å². The van der Waals surface area contributed by atoms with E-state index in [-0.39, 0.29) is 6.04 Å². The summed E-state index contributed by atoms with van der Waals surface area (Å²) in [6, 6.07) is 2.24. The molecule has 0 saturated carbocycles. The maximum atomic E-state index is 5.36. The molecule has 1 atom stereocenters. The lowest BCUT2D eigenvalue weighted by Crippen LogP contribution is -2.29. The van der Waals surface area contributed by atoms with Crippen LogP contribution in [0.5, 0.6) is 0 Å². The summed E-state index contributed by atoms with van der Waals surface area (Å²) in [7, 11) is 0. The number of aromatic nitrogens is 2. The fourth-order valence-electron chi connectivity index (χ4n) is 2.18. The smallest absolute Gasteiger partial charge is 0.248 e. The summed E-state index contributed by atoms with van der Waals surface area (Å²) in [5, 5.41) is 9.59. The van der Waals surface area contributed by atoms with Gasteiger partial charge < -0.3 is 9.84 Å². The van der Waals surface area contributed by atoms with Gasteiger partial charge in [-0.2, -0.15) is 4.98 Å². The second-order valence-electron chi connectivity index (χ2n) is 4.24. The minimum absolute atomic E-state index is 0.0862. The first kappa shape index (κ1) is 10.9. The topological polar surface area (TPSA) is 51.0 Å². The van der Waals surface area contributed by atoms with Gasteiger partial charge in [0.2, 0.25) is 5.89 Å². The van der Waals surface area contributed by atoms with Gasteiger partial charge in [0, 0.05) is 17.8 Å². The van der Waals surface area contributed by atoms with Crippen molar-refractivity contribution in [3.63, 3.8) is 0 Å². The van der Waals surface area contributed by atoms with E-state index in [1.165, 1.54) is 10.4 Å². The van der Waals surface area contributed by atoms with Gasteiger partial charge in [-0.1, -0.05) is 12.1 Å². The lowest BCUT2D eigenvalue weighted by Gasteiger charge is -2.20. The minimum Gasteiger partial charge on any atom is -0.337 e. The van der Waals surface area contributed by atoms with Crippen LogP contribution in [0.25, 0.3) is 0 Å². The zero-order valence-corrected chi connectivity index (χ0v) is 10.6. The summed E-state index contributed by atoms with van der Waals surface area (Å²) in [6.45, 7) is 3.09. The van der Waals surface area contributed by atoms with Gasteiger partial charge in [-0.25, -0.2) is 0 Å². The van der Waals surface area contributed by atoms with Crippen LogP contribution >= 0.6 is 11.3 Å². The van der Waals surface area contributed by atoms with Crippen molar-refractivity contribution in [1.29, 1.82) is 0 Å². The predicted octanol–water partition coefficient (Wildman–Crippen LogP) is 2.32. The molecule has 1 unspecified atom stereocenters. The molecule has 4 nitrogen and oxygen atoms in total. The van der Waals surface area contributed by atoms with Crippen molar-refractivity contribution >= 4 is 11.3 Å². The molecule has 1 aliphatic heterocycles. The summed E-state index contributed by atoms with van der Waals surface area (Å²) < 4.78 is 5.36. The SMILES string of the molecule is CCCc1noc(C2NCCc3sccc32)n1. The third-order valence-corrected chi connectivity index (χ3v) is 3.99. The van der Waals surface area contributed by atoms with Crippen LogP contribution in [-0.2, 0) is 12.8 Å². The van der Waals surface area contributed by atoms with E-state index >= 15 is 0 Å². The Bertz CT molecular complexity index is 505. The van der Waals surface area contributed by atoms with Crippen molar-refractivity contribution in [1.82, 2.24) is 15.5 Å². The van der Waals surface area contributed by atoms with Crippen molar-refractivity contribution in [2.45, 2.75) is 32.2 Å². The molecule has 0 bridgehead atoms. The number of nitrogens with one attached hydrogen (secondary N) is 1. The van der Waals surface area contributed by atoms with Crippen LogP contribution in [-0.4, -0.2) is 16.7 Å². The molecule has 0 aromatic carbocycles.